The standard InChI is InChI=1S/C24H38N4O2/c1-30-19-21-6-15-27(16-7-21)24(29)22-3-2-12-28(18-22)23-8-13-26(14-9-23)17-20-4-10-25-11-5-20/h4-5,10-11,21-23H,2-3,6-9,12-19H2,1H3/t22-/m1/s1. The Kier molecular flexibility index (Phi) is 7.74. The number of nitrogens with zero attached hydrogens (tertiary/aromatic N) is 4. The number of ether oxygens (including phenoxy) is 1. The first kappa shape index (κ1) is 21.7. The third kappa shape index (κ3) is 5.59. The molecule has 0 bridgehead atoms. The number of aromatic nitrogens is 1. The topological polar surface area (TPSA) is 48.9 Å². The number of hydrogen-bond donors (Lipinski definition) is 0. The molecule has 0 radical (unpaired) electrons. The lowest BCUT2D eigenvalue weighted by Gasteiger charge is -2.43. The Balaban J connectivity index is 1.23. The molecule has 0 spiro atoms. The Morgan fingerprint density at radius 2 is 1.77 bits per heavy atom. The van der Waals surface area contributed by atoms with Crippen molar-refractivity contribution in [3.63, 3.8) is 0 Å². The summed E-state index contributed by atoms with van der Waals surface area (Å²) in [6.07, 6.45) is 10.6. The Labute approximate surface area is 181 Å². The van der Waals surface area contributed by atoms with Crippen LogP contribution in [0.2, 0.25) is 0 Å². The minimum Gasteiger partial charge on any atom is -0.384 e. The Bertz CT molecular complexity index is 654. The molecule has 1 atom stereocenters. The van der Waals surface area contributed by atoms with Crippen molar-refractivity contribution in [3.05, 3.63) is 30.1 Å². The lowest BCUT2D eigenvalue weighted by atomic mass is 9.91. The largest absolute Gasteiger partial charge is 0.384 e. The molecule has 1 amide bonds. The molecule has 6 nitrogen and oxygen atoms in total. The Morgan fingerprint density at radius 1 is 1.03 bits per heavy atom. The average Bonchev–Trinajstić information content (AvgIpc) is 2.81. The summed E-state index contributed by atoms with van der Waals surface area (Å²) in [5.74, 6) is 1.23. The van der Waals surface area contributed by atoms with E-state index in [9.17, 15) is 4.79 Å². The molecule has 30 heavy (non-hydrogen) atoms. The van der Waals surface area contributed by atoms with Gasteiger partial charge in [-0.1, -0.05) is 0 Å². The molecule has 0 saturated carbocycles. The fraction of sp³-hybridized carbons (Fsp3) is 0.750. The number of rotatable bonds is 6. The highest BCUT2D eigenvalue weighted by molar-refractivity contribution is 5.79. The van der Waals surface area contributed by atoms with E-state index in [1.807, 2.05) is 12.4 Å². The second kappa shape index (κ2) is 10.7. The van der Waals surface area contributed by atoms with E-state index in [1.54, 1.807) is 7.11 Å². The number of pyridine rings is 1. The number of carbonyl (C=O) groups excluding carboxylic acids is 1. The minimum atomic E-state index is 0.201. The van der Waals surface area contributed by atoms with Gasteiger partial charge in [0.05, 0.1) is 5.92 Å². The maximum absolute atomic E-state index is 13.2. The molecule has 166 valence electrons. The maximum Gasteiger partial charge on any atom is 0.226 e. The number of carbonyl (C=O) groups is 1. The molecule has 3 aliphatic heterocycles. The van der Waals surface area contributed by atoms with Gasteiger partial charge in [0.15, 0.2) is 0 Å². The highest BCUT2D eigenvalue weighted by atomic mass is 16.5. The van der Waals surface area contributed by atoms with Gasteiger partial charge in [0.25, 0.3) is 0 Å². The van der Waals surface area contributed by atoms with Gasteiger partial charge in [-0.15, -0.1) is 0 Å². The van der Waals surface area contributed by atoms with Gasteiger partial charge in [-0.25, -0.2) is 0 Å². The number of amides is 1. The highest BCUT2D eigenvalue weighted by Crippen LogP contribution is 2.27. The zero-order chi connectivity index (χ0) is 20.8. The van der Waals surface area contributed by atoms with E-state index in [0.29, 0.717) is 17.9 Å². The van der Waals surface area contributed by atoms with Crippen molar-refractivity contribution in [1.29, 1.82) is 0 Å². The summed E-state index contributed by atoms with van der Waals surface area (Å²) in [5, 5.41) is 0. The number of piperidine rings is 3. The summed E-state index contributed by atoms with van der Waals surface area (Å²) >= 11 is 0. The number of hydrogen-bond acceptors (Lipinski definition) is 5. The lowest BCUT2D eigenvalue weighted by Crippen LogP contribution is -2.52. The van der Waals surface area contributed by atoms with Gasteiger partial charge in [0.1, 0.15) is 0 Å². The van der Waals surface area contributed by atoms with Gasteiger partial charge >= 0.3 is 0 Å². The quantitative estimate of drug-likeness (QED) is 0.716. The van der Waals surface area contributed by atoms with Crippen LogP contribution in [0.1, 0.15) is 44.1 Å². The molecule has 0 aromatic carbocycles. The van der Waals surface area contributed by atoms with Gasteiger partial charge < -0.3 is 9.64 Å². The van der Waals surface area contributed by atoms with Crippen molar-refractivity contribution in [3.8, 4) is 0 Å². The van der Waals surface area contributed by atoms with E-state index in [-0.39, 0.29) is 5.92 Å². The molecule has 3 aliphatic rings. The van der Waals surface area contributed by atoms with E-state index in [2.05, 4.69) is 31.8 Å². The van der Waals surface area contributed by atoms with Gasteiger partial charge in [-0.05, 0) is 81.8 Å². The lowest BCUT2D eigenvalue weighted by molar-refractivity contribution is -0.139. The minimum absolute atomic E-state index is 0.201. The maximum atomic E-state index is 13.2. The van der Waals surface area contributed by atoms with Crippen molar-refractivity contribution in [2.24, 2.45) is 11.8 Å². The molecular weight excluding hydrogens is 376 g/mol. The molecule has 0 N–H and O–H groups in total. The average molecular weight is 415 g/mol. The Hall–Kier alpha value is -1.50. The van der Waals surface area contributed by atoms with Gasteiger partial charge in [0, 0.05) is 58.3 Å². The summed E-state index contributed by atoms with van der Waals surface area (Å²) in [6.45, 7) is 8.10. The molecule has 4 heterocycles. The predicted molar refractivity (Wildman–Crippen MR) is 118 cm³/mol. The fourth-order valence-electron chi connectivity index (χ4n) is 5.54. The monoisotopic (exact) mass is 414 g/mol. The first-order chi connectivity index (χ1) is 14.7. The Morgan fingerprint density at radius 3 is 2.47 bits per heavy atom. The third-order valence-electron chi connectivity index (χ3n) is 7.36. The molecule has 1 aromatic rings. The van der Waals surface area contributed by atoms with Crippen LogP contribution >= 0.6 is 0 Å². The van der Waals surface area contributed by atoms with Crippen LogP contribution in [0, 0.1) is 11.8 Å². The van der Waals surface area contributed by atoms with Gasteiger partial charge in [-0.3, -0.25) is 19.6 Å². The zero-order valence-electron chi connectivity index (χ0n) is 18.5. The van der Waals surface area contributed by atoms with Crippen molar-refractivity contribution < 1.29 is 9.53 Å². The van der Waals surface area contributed by atoms with Crippen LogP contribution in [0.3, 0.4) is 0 Å². The normalized spacial score (nSPS) is 25.5. The smallest absolute Gasteiger partial charge is 0.226 e. The van der Waals surface area contributed by atoms with E-state index in [1.165, 1.54) is 18.4 Å². The van der Waals surface area contributed by atoms with Crippen molar-refractivity contribution in [2.45, 2.75) is 51.1 Å². The summed E-state index contributed by atoms with van der Waals surface area (Å²) in [4.78, 5) is 24.6. The van der Waals surface area contributed by atoms with E-state index in [4.69, 9.17) is 4.74 Å². The van der Waals surface area contributed by atoms with E-state index >= 15 is 0 Å². The number of methoxy groups -OCH3 is 1. The molecule has 1 aromatic heterocycles. The van der Waals surface area contributed by atoms with Crippen LogP contribution in [-0.4, -0.2) is 84.6 Å². The molecule has 6 heteroatoms. The van der Waals surface area contributed by atoms with Gasteiger partial charge in [-0.2, -0.15) is 0 Å². The SMILES string of the molecule is COCC1CCN(C(=O)[C@@H]2CCCN(C3CCN(Cc4ccncc4)CC3)C2)CC1. The summed E-state index contributed by atoms with van der Waals surface area (Å²) in [7, 11) is 1.78. The second-order valence-corrected chi connectivity index (χ2v) is 9.42. The van der Waals surface area contributed by atoms with Crippen molar-refractivity contribution in [2.75, 3.05) is 53.0 Å². The predicted octanol–water partition coefficient (Wildman–Crippen LogP) is 2.64. The van der Waals surface area contributed by atoms with E-state index < -0.39 is 0 Å². The molecule has 4 rings (SSSR count). The molecule has 3 fully saturated rings. The summed E-state index contributed by atoms with van der Waals surface area (Å²) in [6, 6.07) is 4.87. The first-order valence-corrected chi connectivity index (χ1v) is 11.9. The third-order valence-corrected chi connectivity index (χ3v) is 7.36. The summed E-state index contributed by atoms with van der Waals surface area (Å²) < 4.78 is 5.30. The number of likely N-dealkylation sites (tertiary alicyclic amines) is 3. The van der Waals surface area contributed by atoms with Crippen LogP contribution in [0.25, 0.3) is 0 Å². The highest BCUT2D eigenvalue weighted by Gasteiger charge is 2.34. The fourth-order valence-corrected chi connectivity index (χ4v) is 5.54. The van der Waals surface area contributed by atoms with E-state index in [0.717, 1.165) is 78.1 Å². The second-order valence-electron chi connectivity index (χ2n) is 9.42. The van der Waals surface area contributed by atoms with Crippen LogP contribution < -0.4 is 0 Å². The van der Waals surface area contributed by atoms with Crippen LogP contribution in [-0.2, 0) is 16.1 Å². The molecular formula is C24H38N4O2. The van der Waals surface area contributed by atoms with Crippen molar-refractivity contribution >= 4 is 5.91 Å². The van der Waals surface area contributed by atoms with Crippen LogP contribution in [0.5, 0.6) is 0 Å². The molecule has 3 saturated heterocycles. The molecule has 0 aliphatic carbocycles. The summed E-state index contributed by atoms with van der Waals surface area (Å²) in [5.41, 5.74) is 1.35. The van der Waals surface area contributed by atoms with Crippen molar-refractivity contribution in [1.82, 2.24) is 19.7 Å². The zero-order valence-corrected chi connectivity index (χ0v) is 18.5. The molecule has 0 unspecified atom stereocenters. The van der Waals surface area contributed by atoms with Gasteiger partial charge in [0.2, 0.25) is 5.91 Å². The van der Waals surface area contributed by atoms with Crippen LogP contribution in [0.4, 0.5) is 0 Å². The first-order valence-electron chi connectivity index (χ1n) is 11.9. The van der Waals surface area contributed by atoms with Crippen LogP contribution in [0.15, 0.2) is 24.5 Å².